The van der Waals surface area contributed by atoms with Gasteiger partial charge in [0.25, 0.3) is 5.91 Å². The summed E-state index contributed by atoms with van der Waals surface area (Å²) in [5, 5.41) is 4.15. The Labute approximate surface area is 187 Å². The zero-order chi connectivity index (χ0) is 22.6. The summed E-state index contributed by atoms with van der Waals surface area (Å²) in [6.45, 7) is 3.38. The van der Waals surface area contributed by atoms with Gasteiger partial charge in [0.2, 0.25) is 16.8 Å². The minimum absolute atomic E-state index is 0.0792. The minimum Gasteiger partial charge on any atom is -0.454 e. The van der Waals surface area contributed by atoms with Gasteiger partial charge in [-0.25, -0.2) is 13.8 Å². The zero-order valence-corrected chi connectivity index (χ0v) is 18.6. The molecule has 0 aliphatic carbocycles. The first-order valence-corrected chi connectivity index (χ1v) is 11.8. The van der Waals surface area contributed by atoms with Crippen molar-refractivity contribution in [2.45, 2.75) is 24.7 Å². The molecule has 2 aliphatic rings. The standard InChI is InChI=1S/C22H25N3O6S/c1-16(5-6-17-7-8-20-21(13-17)31-15-30-20)23-24-22(26)18-3-2-4-19(14-18)32(27,28)25-9-11-29-12-10-25/h2-4,7-8,13-14H,5-6,9-12,15H2,1H3,(H,24,26)/b23-16+. The molecule has 4 rings (SSSR count). The maximum Gasteiger partial charge on any atom is 0.271 e. The molecule has 2 heterocycles. The average molecular weight is 460 g/mol. The largest absolute Gasteiger partial charge is 0.454 e. The highest BCUT2D eigenvalue weighted by Crippen LogP contribution is 2.32. The van der Waals surface area contributed by atoms with Crippen LogP contribution in [0.3, 0.4) is 0 Å². The van der Waals surface area contributed by atoms with E-state index in [0.717, 1.165) is 29.2 Å². The quantitative estimate of drug-likeness (QED) is 0.502. The molecule has 1 fully saturated rings. The van der Waals surface area contributed by atoms with Crippen LogP contribution in [0.1, 0.15) is 29.3 Å². The lowest BCUT2D eigenvalue weighted by Crippen LogP contribution is -2.40. The fourth-order valence-electron chi connectivity index (χ4n) is 3.42. The van der Waals surface area contributed by atoms with Crippen LogP contribution in [0.25, 0.3) is 0 Å². The number of hydrogen-bond acceptors (Lipinski definition) is 7. The molecule has 2 aromatic rings. The Balaban J connectivity index is 1.36. The maximum absolute atomic E-state index is 12.8. The second kappa shape index (κ2) is 9.68. The number of carbonyl (C=O) groups is 1. The number of morpholine rings is 1. The number of benzene rings is 2. The van der Waals surface area contributed by atoms with Crippen LogP contribution in [0.5, 0.6) is 11.5 Å². The van der Waals surface area contributed by atoms with Crippen LogP contribution in [0, 0.1) is 0 Å². The highest BCUT2D eigenvalue weighted by Gasteiger charge is 2.26. The van der Waals surface area contributed by atoms with Crippen LogP contribution >= 0.6 is 0 Å². The monoisotopic (exact) mass is 459 g/mol. The number of rotatable bonds is 7. The molecule has 9 nitrogen and oxygen atoms in total. The Morgan fingerprint density at radius 2 is 1.88 bits per heavy atom. The molecule has 0 atom stereocenters. The molecular formula is C22H25N3O6S. The molecule has 0 unspecified atom stereocenters. The normalized spacial score (nSPS) is 16.7. The van der Waals surface area contributed by atoms with E-state index in [1.807, 2.05) is 25.1 Å². The molecule has 1 N–H and O–H groups in total. The third kappa shape index (κ3) is 5.09. The highest BCUT2D eigenvalue weighted by molar-refractivity contribution is 7.89. The van der Waals surface area contributed by atoms with E-state index in [2.05, 4.69) is 10.5 Å². The number of carbonyl (C=O) groups excluding carboxylic acids is 1. The Bertz CT molecular complexity index is 1130. The number of hydrogen-bond donors (Lipinski definition) is 1. The average Bonchev–Trinajstić information content (AvgIpc) is 3.30. The van der Waals surface area contributed by atoms with E-state index in [9.17, 15) is 13.2 Å². The Kier molecular flexibility index (Phi) is 6.73. The third-order valence-corrected chi connectivity index (χ3v) is 7.16. The van der Waals surface area contributed by atoms with Crippen molar-refractivity contribution < 1.29 is 27.4 Å². The number of hydrazone groups is 1. The van der Waals surface area contributed by atoms with Crippen molar-refractivity contribution in [1.29, 1.82) is 0 Å². The van der Waals surface area contributed by atoms with Crippen molar-refractivity contribution in [3.05, 3.63) is 53.6 Å². The maximum atomic E-state index is 12.8. The van der Waals surface area contributed by atoms with E-state index in [0.29, 0.717) is 32.7 Å². The molecule has 0 spiro atoms. The first-order chi connectivity index (χ1) is 15.4. The fourth-order valence-corrected chi connectivity index (χ4v) is 4.88. The summed E-state index contributed by atoms with van der Waals surface area (Å²) in [5.41, 5.74) is 4.56. The molecule has 0 saturated carbocycles. The molecule has 0 aromatic heterocycles. The van der Waals surface area contributed by atoms with Crippen molar-refractivity contribution in [2.24, 2.45) is 5.10 Å². The van der Waals surface area contributed by atoms with Gasteiger partial charge in [0, 0.05) is 24.4 Å². The summed E-state index contributed by atoms with van der Waals surface area (Å²) in [4.78, 5) is 12.6. The van der Waals surface area contributed by atoms with Crippen LogP contribution in [-0.2, 0) is 21.2 Å². The molecule has 0 bridgehead atoms. The summed E-state index contributed by atoms with van der Waals surface area (Å²) >= 11 is 0. The molecule has 1 saturated heterocycles. The Morgan fingerprint density at radius 3 is 2.69 bits per heavy atom. The molecule has 2 aromatic carbocycles. The van der Waals surface area contributed by atoms with Crippen LogP contribution in [0.15, 0.2) is 52.5 Å². The molecular weight excluding hydrogens is 434 g/mol. The number of ether oxygens (including phenoxy) is 3. The zero-order valence-electron chi connectivity index (χ0n) is 17.7. The number of aryl methyl sites for hydroxylation is 1. The van der Waals surface area contributed by atoms with Crippen molar-refractivity contribution in [3.63, 3.8) is 0 Å². The number of nitrogens with one attached hydrogen (secondary N) is 1. The van der Waals surface area contributed by atoms with Gasteiger partial charge >= 0.3 is 0 Å². The summed E-state index contributed by atoms with van der Waals surface area (Å²) in [7, 11) is -3.67. The van der Waals surface area contributed by atoms with Crippen LogP contribution in [0.4, 0.5) is 0 Å². The molecule has 1 amide bonds. The van der Waals surface area contributed by atoms with Gasteiger partial charge < -0.3 is 14.2 Å². The lowest BCUT2D eigenvalue weighted by Gasteiger charge is -2.26. The number of amides is 1. The first kappa shape index (κ1) is 22.3. The highest BCUT2D eigenvalue weighted by atomic mass is 32.2. The number of nitrogens with zero attached hydrogens (tertiary/aromatic N) is 2. The van der Waals surface area contributed by atoms with Crippen LogP contribution < -0.4 is 14.9 Å². The SMILES string of the molecule is C/C(CCc1ccc2c(c1)OCO2)=N\NC(=O)c1cccc(S(=O)(=O)N2CCOCC2)c1. The smallest absolute Gasteiger partial charge is 0.271 e. The first-order valence-electron chi connectivity index (χ1n) is 10.3. The van der Waals surface area contributed by atoms with E-state index in [1.54, 1.807) is 12.1 Å². The predicted octanol–water partition coefficient (Wildman–Crippen LogP) is 2.17. The topological polar surface area (TPSA) is 107 Å². The summed E-state index contributed by atoms with van der Waals surface area (Å²) < 4.78 is 42.9. The summed E-state index contributed by atoms with van der Waals surface area (Å²) in [6, 6.07) is 11.8. The van der Waals surface area contributed by atoms with E-state index < -0.39 is 15.9 Å². The van der Waals surface area contributed by atoms with Crippen molar-refractivity contribution in [2.75, 3.05) is 33.1 Å². The predicted molar refractivity (Wildman–Crippen MR) is 117 cm³/mol. The van der Waals surface area contributed by atoms with Gasteiger partial charge in [-0.05, 0) is 55.7 Å². The third-order valence-electron chi connectivity index (χ3n) is 5.26. The van der Waals surface area contributed by atoms with Gasteiger partial charge in [-0.1, -0.05) is 12.1 Å². The van der Waals surface area contributed by atoms with Gasteiger partial charge in [-0.3, -0.25) is 4.79 Å². The number of fused-ring (bicyclic) bond motifs is 1. The van der Waals surface area contributed by atoms with Gasteiger partial charge in [0.1, 0.15) is 0 Å². The fraction of sp³-hybridized carbons (Fsp3) is 0.364. The van der Waals surface area contributed by atoms with Crippen molar-refractivity contribution in [1.82, 2.24) is 9.73 Å². The van der Waals surface area contributed by atoms with Gasteiger partial charge in [-0.15, -0.1) is 0 Å². The van der Waals surface area contributed by atoms with Crippen LogP contribution in [-0.4, -0.2) is 57.4 Å². The summed E-state index contributed by atoms with van der Waals surface area (Å²) in [5.74, 6) is 1.01. The van der Waals surface area contributed by atoms with Gasteiger partial charge in [0.15, 0.2) is 11.5 Å². The second-order valence-electron chi connectivity index (χ2n) is 7.52. The molecule has 170 valence electrons. The van der Waals surface area contributed by atoms with E-state index in [-0.39, 0.29) is 17.3 Å². The van der Waals surface area contributed by atoms with E-state index in [4.69, 9.17) is 14.2 Å². The lowest BCUT2D eigenvalue weighted by atomic mass is 10.1. The minimum atomic E-state index is -3.67. The van der Waals surface area contributed by atoms with Crippen LogP contribution in [0.2, 0.25) is 0 Å². The molecule has 32 heavy (non-hydrogen) atoms. The molecule has 10 heteroatoms. The molecule has 0 radical (unpaired) electrons. The summed E-state index contributed by atoms with van der Waals surface area (Å²) in [6.07, 6.45) is 1.38. The van der Waals surface area contributed by atoms with Crippen molar-refractivity contribution >= 4 is 21.6 Å². The Hall–Kier alpha value is -2.95. The van der Waals surface area contributed by atoms with Crippen molar-refractivity contribution in [3.8, 4) is 11.5 Å². The Morgan fingerprint density at radius 1 is 1.09 bits per heavy atom. The number of sulfonamides is 1. The lowest BCUT2D eigenvalue weighted by molar-refractivity contribution is 0.0730. The van der Waals surface area contributed by atoms with Gasteiger partial charge in [0.05, 0.1) is 18.1 Å². The second-order valence-corrected chi connectivity index (χ2v) is 9.46. The van der Waals surface area contributed by atoms with Gasteiger partial charge in [-0.2, -0.15) is 9.41 Å². The van der Waals surface area contributed by atoms with E-state index >= 15 is 0 Å². The molecule has 2 aliphatic heterocycles. The van der Waals surface area contributed by atoms with E-state index in [1.165, 1.54) is 16.4 Å².